The molecule has 0 amide bonds. The van der Waals surface area contributed by atoms with Gasteiger partial charge in [0.1, 0.15) is 0 Å². The zero-order chi connectivity index (χ0) is 16.4. The maximum atomic E-state index is 6.30. The molecular formula is C19H21ClN4. The van der Waals surface area contributed by atoms with Crippen molar-refractivity contribution < 1.29 is 0 Å². The number of likely N-dealkylation sites (tertiary alicyclic amines) is 1. The molecule has 2 N–H and O–H groups in total. The molecule has 1 fully saturated rings. The van der Waals surface area contributed by atoms with Crippen molar-refractivity contribution in [2.75, 3.05) is 18.4 Å². The SMILES string of the molecule is Clc1ccccc1CN1CCCC(Nc2ccc3[nH]ncc3c2)C1. The first-order chi connectivity index (χ1) is 11.8. The summed E-state index contributed by atoms with van der Waals surface area (Å²) in [6.45, 7) is 3.08. The van der Waals surface area contributed by atoms with E-state index in [1.165, 1.54) is 18.4 Å². The molecule has 4 nitrogen and oxygen atoms in total. The Morgan fingerprint density at radius 1 is 1.25 bits per heavy atom. The highest BCUT2D eigenvalue weighted by Gasteiger charge is 2.20. The smallest absolute Gasteiger partial charge is 0.0651 e. The first-order valence-corrected chi connectivity index (χ1v) is 8.81. The Balaban J connectivity index is 1.42. The summed E-state index contributed by atoms with van der Waals surface area (Å²) in [5.74, 6) is 0. The van der Waals surface area contributed by atoms with Gasteiger partial charge in [0.15, 0.2) is 0 Å². The lowest BCUT2D eigenvalue weighted by atomic mass is 10.0. The van der Waals surface area contributed by atoms with Crippen LogP contribution in [0.5, 0.6) is 0 Å². The summed E-state index contributed by atoms with van der Waals surface area (Å²) in [6, 6.07) is 14.9. The molecule has 4 rings (SSSR count). The summed E-state index contributed by atoms with van der Waals surface area (Å²) in [4.78, 5) is 2.48. The number of halogens is 1. The van der Waals surface area contributed by atoms with Gasteiger partial charge in [0, 0.05) is 35.2 Å². The molecule has 3 aromatic rings. The van der Waals surface area contributed by atoms with Gasteiger partial charge in [-0.2, -0.15) is 5.10 Å². The third-order valence-corrected chi connectivity index (χ3v) is 5.04. The summed E-state index contributed by atoms with van der Waals surface area (Å²) < 4.78 is 0. The monoisotopic (exact) mass is 340 g/mol. The summed E-state index contributed by atoms with van der Waals surface area (Å²) in [7, 11) is 0. The van der Waals surface area contributed by atoms with Crippen molar-refractivity contribution in [2.45, 2.75) is 25.4 Å². The van der Waals surface area contributed by atoms with Crippen LogP contribution in [-0.4, -0.2) is 34.2 Å². The average molecular weight is 341 g/mol. The maximum absolute atomic E-state index is 6.30. The van der Waals surface area contributed by atoms with E-state index >= 15 is 0 Å². The summed E-state index contributed by atoms with van der Waals surface area (Å²) in [5.41, 5.74) is 3.44. The molecule has 0 bridgehead atoms. The number of benzene rings is 2. The van der Waals surface area contributed by atoms with Crippen LogP contribution in [0.3, 0.4) is 0 Å². The van der Waals surface area contributed by atoms with Crippen molar-refractivity contribution in [3.05, 3.63) is 59.2 Å². The number of aromatic amines is 1. The van der Waals surface area contributed by atoms with Crippen molar-refractivity contribution in [3.8, 4) is 0 Å². The molecule has 5 heteroatoms. The molecule has 2 aromatic carbocycles. The van der Waals surface area contributed by atoms with Gasteiger partial charge < -0.3 is 5.32 Å². The maximum Gasteiger partial charge on any atom is 0.0651 e. The van der Waals surface area contributed by atoms with Gasteiger partial charge in [0.05, 0.1) is 11.7 Å². The van der Waals surface area contributed by atoms with Crippen LogP contribution in [0, 0.1) is 0 Å². The summed E-state index contributed by atoms with van der Waals surface area (Å²) in [6.07, 6.45) is 4.27. The first kappa shape index (κ1) is 15.5. The highest BCUT2D eigenvalue weighted by atomic mass is 35.5. The van der Waals surface area contributed by atoms with E-state index in [0.717, 1.165) is 41.2 Å². The number of nitrogens with zero attached hydrogens (tertiary/aromatic N) is 2. The highest BCUT2D eigenvalue weighted by Crippen LogP contribution is 2.23. The summed E-state index contributed by atoms with van der Waals surface area (Å²) in [5, 5.41) is 12.8. The van der Waals surface area contributed by atoms with Crippen molar-refractivity contribution in [1.82, 2.24) is 15.1 Å². The molecule has 1 aliphatic rings. The molecule has 1 atom stereocenters. The van der Waals surface area contributed by atoms with E-state index in [2.05, 4.69) is 50.7 Å². The van der Waals surface area contributed by atoms with E-state index in [4.69, 9.17) is 11.6 Å². The van der Waals surface area contributed by atoms with Gasteiger partial charge in [0.25, 0.3) is 0 Å². The lowest BCUT2D eigenvalue weighted by Gasteiger charge is -2.34. The van der Waals surface area contributed by atoms with Crippen molar-refractivity contribution in [2.24, 2.45) is 0 Å². The van der Waals surface area contributed by atoms with Crippen LogP contribution in [0.25, 0.3) is 10.9 Å². The normalized spacial score (nSPS) is 18.8. The van der Waals surface area contributed by atoms with Crippen LogP contribution in [0.15, 0.2) is 48.7 Å². The van der Waals surface area contributed by atoms with Crippen molar-refractivity contribution in [1.29, 1.82) is 0 Å². The van der Waals surface area contributed by atoms with E-state index in [0.29, 0.717) is 6.04 Å². The molecule has 124 valence electrons. The predicted molar refractivity (Wildman–Crippen MR) is 99.5 cm³/mol. The van der Waals surface area contributed by atoms with Crippen LogP contribution >= 0.6 is 11.6 Å². The first-order valence-electron chi connectivity index (χ1n) is 8.43. The molecule has 0 aliphatic carbocycles. The second-order valence-corrected chi connectivity index (χ2v) is 6.89. The Labute approximate surface area is 146 Å². The van der Waals surface area contributed by atoms with Gasteiger partial charge in [-0.1, -0.05) is 29.8 Å². The van der Waals surface area contributed by atoms with Gasteiger partial charge in [-0.25, -0.2) is 0 Å². The number of rotatable bonds is 4. The fourth-order valence-corrected chi connectivity index (χ4v) is 3.65. The number of hydrogen-bond acceptors (Lipinski definition) is 3. The third kappa shape index (κ3) is 3.40. The largest absolute Gasteiger partial charge is 0.381 e. The molecule has 1 saturated heterocycles. The number of aromatic nitrogens is 2. The topological polar surface area (TPSA) is 44.0 Å². The standard InChI is InChI=1S/C19H21ClN4/c20-18-6-2-1-4-14(18)12-24-9-3-5-17(13-24)22-16-7-8-19-15(10-16)11-21-23-19/h1-2,4,6-8,10-11,17,22H,3,5,9,12-13H2,(H,21,23). The molecule has 1 aromatic heterocycles. The number of nitrogens with one attached hydrogen (secondary N) is 2. The molecular weight excluding hydrogens is 320 g/mol. The average Bonchev–Trinajstić information content (AvgIpc) is 3.05. The van der Waals surface area contributed by atoms with E-state index in [-0.39, 0.29) is 0 Å². The second-order valence-electron chi connectivity index (χ2n) is 6.48. The van der Waals surface area contributed by atoms with Crippen LogP contribution in [0.1, 0.15) is 18.4 Å². The minimum atomic E-state index is 0.464. The minimum absolute atomic E-state index is 0.464. The lowest BCUT2D eigenvalue weighted by molar-refractivity contribution is 0.208. The highest BCUT2D eigenvalue weighted by molar-refractivity contribution is 6.31. The van der Waals surface area contributed by atoms with E-state index < -0.39 is 0 Å². The molecule has 2 heterocycles. The van der Waals surface area contributed by atoms with Gasteiger partial charge in [-0.15, -0.1) is 0 Å². The molecule has 1 aliphatic heterocycles. The van der Waals surface area contributed by atoms with E-state index in [1.54, 1.807) is 0 Å². The number of hydrogen-bond donors (Lipinski definition) is 2. The van der Waals surface area contributed by atoms with E-state index in [1.807, 2.05) is 18.3 Å². The Bertz CT molecular complexity index is 829. The van der Waals surface area contributed by atoms with Gasteiger partial charge in [0.2, 0.25) is 0 Å². The Kier molecular flexibility index (Phi) is 4.41. The molecule has 0 saturated carbocycles. The minimum Gasteiger partial charge on any atom is -0.381 e. The van der Waals surface area contributed by atoms with Gasteiger partial charge in [-0.3, -0.25) is 10.00 Å². The van der Waals surface area contributed by atoms with Crippen LogP contribution in [0.2, 0.25) is 5.02 Å². The fourth-order valence-electron chi connectivity index (χ4n) is 3.45. The third-order valence-electron chi connectivity index (χ3n) is 4.67. The summed E-state index contributed by atoms with van der Waals surface area (Å²) >= 11 is 6.30. The quantitative estimate of drug-likeness (QED) is 0.744. The van der Waals surface area contributed by atoms with Gasteiger partial charge in [-0.05, 0) is 49.2 Å². The predicted octanol–water partition coefficient (Wildman–Crippen LogP) is 4.29. The zero-order valence-electron chi connectivity index (χ0n) is 13.5. The van der Waals surface area contributed by atoms with Crippen molar-refractivity contribution in [3.63, 3.8) is 0 Å². The zero-order valence-corrected chi connectivity index (χ0v) is 14.3. The second kappa shape index (κ2) is 6.83. The molecule has 1 unspecified atom stereocenters. The molecule has 0 spiro atoms. The van der Waals surface area contributed by atoms with Gasteiger partial charge >= 0.3 is 0 Å². The lowest BCUT2D eigenvalue weighted by Crippen LogP contribution is -2.41. The fraction of sp³-hybridized carbons (Fsp3) is 0.316. The Morgan fingerprint density at radius 2 is 2.17 bits per heavy atom. The van der Waals surface area contributed by atoms with Crippen LogP contribution < -0.4 is 5.32 Å². The number of fused-ring (bicyclic) bond motifs is 1. The number of anilines is 1. The molecule has 0 radical (unpaired) electrons. The Morgan fingerprint density at radius 3 is 3.08 bits per heavy atom. The molecule has 24 heavy (non-hydrogen) atoms. The van der Waals surface area contributed by atoms with Crippen LogP contribution in [0.4, 0.5) is 5.69 Å². The van der Waals surface area contributed by atoms with Crippen molar-refractivity contribution >= 4 is 28.2 Å². The van der Waals surface area contributed by atoms with E-state index in [9.17, 15) is 0 Å². The Hall–Kier alpha value is -2.04. The number of H-pyrrole nitrogens is 1. The van der Waals surface area contributed by atoms with Crippen LogP contribution in [-0.2, 0) is 6.54 Å². The number of piperidine rings is 1.